The third-order valence-electron chi connectivity index (χ3n) is 2.93. The zero-order valence-electron chi connectivity index (χ0n) is 10.6. The molecule has 0 bridgehead atoms. The Kier molecular flexibility index (Phi) is 5.70. The Morgan fingerprint density at radius 1 is 1.35 bits per heavy atom. The van der Waals surface area contributed by atoms with Crippen LogP contribution >= 0.6 is 0 Å². The zero-order chi connectivity index (χ0) is 12.7. The molecule has 0 spiro atoms. The summed E-state index contributed by atoms with van der Waals surface area (Å²) in [6.45, 7) is 2.11. The van der Waals surface area contributed by atoms with Crippen LogP contribution in [0.25, 0.3) is 0 Å². The van der Waals surface area contributed by atoms with E-state index in [4.69, 9.17) is 0 Å². The summed E-state index contributed by atoms with van der Waals surface area (Å²) < 4.78 is 0. The number of benzene rings is 1. The summed E-state index contributed by atoms with van der Waals surface area (Å²) in [7, 11) is 1.63. The van der Waals surface area contributed by atoms with Crippen molar-refractivity contribution in [2.24, 2.45) is 0 Å². The molecule has 1 aromatic rings. The summed E-state index contributed by atoms with van der Waals surface area (Å²) in [5, 5.41) is 12.5. The second-order valence-electron chi connectivity index (χ2n) is 4.18. The molecule has 0 saturated carbocycles. The predicted molar refractivity (Wildman–Crippen MR) is 68.7 cm³/mol. The minimum Gasteiger partial charge on any atom is -0.388 e. The summed E-state index contributed by atoms with van der Waals surface area (Å²) in [5.41, 5.74) is 2.20. The van der Waals surface area contributed by atoms with Crippen LogP contribution < -0.4 is 5.32 Å². The van der Waals surface area contributed by atoms with E-state index in [0.29, 0.717) is 19.3 Å². The molecule has 1 rings (SSSR count). The summed E-state index contributed by atoms with van der Waals surface area (Å²) in [6, 6.07) is 8.00. The van der Waals surface area contributed by atoms with Gasteiger partial charge in [0, 0.05) is 13.5 Å². The van der Waals surface area contributed by atoms with Crippen LogP contribution in [0, 0.1) is 0 Å². The van der Waals surface area contributed by atoms with Crippen molar-refractivity contribution in [2.45, 2.75) is 38.7 Å². The first kappa shape index (κ1) is 13.7. The van der Waals surface area contributed by atoms with Gasteiger partial charge in [0.15, 0.2) is 0 Å². The molecule has 0 radical (unpaired) electrons. The van der Waals surface area contributed by atoms with E-state index in [1.807, 2.05) is 24.3 Å². The molecule has 1 aromatic carbocycles. The first-order valence-electron chi connectivity index (χ1n) is 6.14. The predicted octanol–water partition coefficient (Wildman–Crippen LogP) is 2.20. The molecule has 0 fully saturated rings. The normalized spacial score (nSPS) is 12.2. The monoisotopic (exact) mass is 235 g/mol. The number of aryl methyl sites for hydroxylation is 1. The average molecular weight is 235 g/mol. The van der Waals surface area contributed by atoms with Crippen LogP contribution in [0.4, 0.5) is 0 Å². The molecule has 0 aliphatic rings. The van der Waals surface area contributed by atoms with E-state index in [0.717, 1.165) is 12.0 Å². The molecule has 3 heteroatoms. The van der Waals surface area contributed by atoms with Gasteiger partial charge in [0.1, 0.15) is 0 Å². The fourth-order valence-corrected chi connectivity index (χ4v) is 1.72. The van der Waals surface area contributed by atoms with Crippen LogP contribution in [0.5, 0.6) is 0 Å². The van der Waals surface area contributed by atoms with Crippen molar-refractivity contribution in [3.8, 4) is 0 Å². The van der Waals surface area contributed by atoms with Crippen LogP contribution in [-0.4, -0.2) is 18.1 Å². The molecule has 94 valence electrons. The maximum Gasteiger partial charge on any atom is 0.219 e. The van der Waals surface area contributed by atoms with E-state index in [1.165, 1.54) is 5.56 Å². The van der Waals surface area contributed by atoms with Crippen LogP contribution in [0.15, 0.2) is 24.3 Å². The molecule has 3 nitrogen and oxygen atoms in total. The molecule has 1 amide bonds. The van der Waals surface area contributed by atoms with Gasteiger partial charge in [-0.15, -0.1) is 0 Å². The highest BCUT2D eigenvalue weighted by Gasteiger charge is 2.08. The fourth-order valence-electron chi connectivity index (χ4n) is 1.72. The first-order chi connectivity index (χ1) is 8.17. The quantitative estimate of drug-likeness (QED) is 0.794. The summed E-state index contributed by atoms with van der Waals surface area (Å²) in [6.07, 6.45) is 2.34. The molecule has 17 heavy (non-hydrogen) atoms. The van der Waals surface area contributed by atoms with Crippen molar-refractivity contribution >= 4 is 5.91 Å². The molecule has 0 aromatic heterocycles. The highest BCUT2D eigenvalue weighted by atomic mass is 16.3. The lowest BCUT2D eigenvalue weighted by Gasteiger charge is -2.11. The second-order valence-corrected chi connectivity index (χ2v) is 4.18. The Morgan fingerprint density at radius 3 is 2.53 bits per heavy atom. The highest BCUT2D eigenvalue weighted by Crippen LogP contribution is 2.19. The maximum absolute atomic E-state index is 11.0. The van der Waals surface area contributed by atoms with Crippen molar-refractivity contribution in [2.75, 3.05) is 7.05 Å². The van der Waals surface area contributed by atoms with Crippen molar-refractivity contribution in [3.05, 3.63) is 35.4 Å². The zero-order valence-corrected chi connectivity index (χ0v) is 10.6. The molecule has 0 aliphatic heterocycles. The van der Waals surface area contributed by atoms with Gasteiger partial charge in [0.2, 0.25) is 5.91 Å². The van der Waals surface area contributed by atoms with Gasteiger partial charge < -0.3 is 10.4 Å². The number of amides is 1. The van der Waals surface area contributed by atoms with Gasteiger partial charge in [-0.05, 0) is 30.4 Å². The Balaban J connectivity index is 2.40. The van der Waals surface area contributed by atoms with Crippen LogP contribution in [0.2, 0.25) is 0 Å². The molecule has 1 unspecified atom stereocenters. The topological polar surface area (TPSA) is 49.3 Å². The molecule has 2 N–H and O–H groups in total. The van der Waals surface area contributed by atoms with E-state index < -0.39 is 6.10 Å². The molecular formula is C14H21NO2. The van der Waals surface area contributed by atoms with Gasteiger partial charge in [0.05, 0.1) is 6.10 Å². The standard InChI is InChI=1S/C14H21NO2/c1-3-11-7-9-12(10-8-11)13(16)5-4-6-14(17)15-2/h7-10,13,16H,3-6H2,1-2H3,(H,15,17). The lowest BCUT2D eigenvalue weighted by molar-refractivity contribution is -0.120. The van der Waals surface area contributed by atoms with E-state index in [1.54, 1.807) is 7.05 Å². The van der Waals surface area contributed by atoms with Crippen molar-refractivity contribution < 1.29 is 9.90 Å². The number of carbonyl (C=O) groups excluding carboxylic acids is 1. The van der Waals surface area contributed by atoms with Crippen molar-refractivity contribution in [3.63, 3.8) is 0 Å². The molecular weight excluding hydrogens is 214 g/mol. The summed E-state index contributed by atoms with van der Waals surface area (Å²) >= 11 is 0. The number of carbonyl (C=O) groups is 1. The van der Waals surface area contributed by atoms with E-state index in [-0.39, 0.29) is 5.91 Å². The van der Waals surface area contributed by atoms with Gasteiger partial charge in [-0.1, -0.05) is 31.2 Å². The maximum atomic E-state index is 11.0. The molecule has 0 saturated heterocycles. The smallest absolute Gasteiger partial charge is 0.219 e. The molecule has 0 aliphatic carbocycles. The van der Waals surface area contributed by atoms with Crippen molar-refractivity contribution in [1.29, 1.82) is 0 Å². The van der Waals surface area contributed by atoms with E-state index >= 15 is 0 Å². The van der Waals surface area contributed by atoms with Gasteiger partial charge in [-0.2, -0.15) is 0 Å². The Hall–Kier alpha value is -1.35. The van der Waals surface area contributed by atoms with Crippen LogP contribution in [0.1, 0.15) is 43.4 Å². The lowest BCUT2D eigenvalue weighted by atomic mass is 10.0. The third kappa shape index (κ3) is 4.57. The van der Waals surface area contributed by atoms with E-state index in [9.17, 15) is 9.90 Å². The third-order valence-corrected chi connectivity index (χ3v) is 2.93. The minimum absolute atomic E-state index is 0.0264. The van der Waals surface area contributed by atoms with Gasteiger partial charge >= 0.3 is 0 Å². The Bertz CT molecular complexity index is 346. The van der Waals surface area contributed by atoms with Crippen LogP contribution in [0.3, 0.4) is 0 Å². The number of aliphatic hydroxyl groups is 1. The second kappa shape index (κ2) is 7.07. The number of rotatable bonds is 6. The van der Waals surface area contributed by atoms with E-state index in [2.05, 4.69) is 12.2 Å². The van der Waals surface area contributed by atoms with Crippen molar-refractivity contribution in [1.82, 2.24) is 5.32 Å². The summed E-state index contributed by atoms with van der Waals surface area (Å²) in [5.74, 6) is 0.0264. The fraction of sp³-hybridized carbons (Fsp3) is 0.500. The SMILES string of the molecule is CCc1ccc(C(O)CCCC(=O)NC)cc1. The minimum atomic E-state index is -0.467. The van der Waals surface area contributed by atoms with Crippen LogP contribution in [-0.2, 0) is 11.2 Å². The Morgan fingerprint density at radius 2 is 2.00 bits per heavy atom. The number of hydrogen-bond acceptors (Lipinski definition) is 2. The number of nitrogens with one attached hydrogen (secondary N) is 1. The highest BCUT2D eigenvalue weighted by molar-refractivity contribution is 5.75. The number of aliphatic hydroxyl groups excluding tert-OH is 1. The Labute approximate surface area is 103 Å². The molecule has 0 heterocycles. The lowest BCUT2D eigenvalue weighted by Crippen LogP contribution is -2.17. The summed E-state index contributed by atoms with van der Waals surface area (Å²) in [4.78, 5) is 11.0. The number of hydrogen-bond donors (Lipinski definition) is 2. The first-order valence-corrected chi connectivity index (χ1v) is 6.14. The molecule has 1 atom stereocenters. The largest absolute Gasteiger partial charge is 0.388 e. The van der Waals surface area contributed by atoms with Gasteiger partial charge in [-0.3, -0.25) is 4.79 Å². The average Bonchev–Trinajstić information content (AvgIpc) is 2.38. The van der Waals surface area contributed by atoms with Gasteiger partial charge in [0.25, 0.3) is 0 Å². The van der Waals surface area contributed by atoms with Gasteiger partial charge in [-0.25, -0.2) is 0 Å².